The van der Waals surface area contributed by atoms with Crippen molar-refractivity contribution in [2.24, 2.45) is 0 Å². The van der Waals surface area contributed by atoms with Crippen molar-refractivity contribution in [3.63, 3.8) is 0 Å². The first kappa shape index (κ1) is 22.8. The molecule has 7 heteroatoms. The number of amides is 2. The molecular weight excluding hydrogens is 420 g/mol. The predicted molar refractivity (Wildman–Crippen MR) is 124 cm³/mol. The Morgan fingerprint density at radius 3 is 2.33 bits per heavy atom. The van der Waals surface area contributed by atoms with E-state index in [1.165, 1.54) is 22.3 Å². The molecule has 1 fully saturated rings. The first-order valence-electron chi connectivity index (χ1n) is 11.6. The Kier molecular flexibility index (Phi) is 7.27. The first-order chi connectivity index (χ1) is 16.0. The molecule has 0 aromatic heterocycles. The number of carboxylic acid groups (broad SMARTS) is 1. The molecule has 2 N–H and O–H groups in total. The Hall–Kier alpha value is -3.35. The molecule has 33 heavy (non-hydrogen) atoms. The molecule has 1 atom stereocenters. The van der Waals surface area contributed by atoms with Gasteiger partial charge in [-0.2, -0.15) is 0 Å². The molecule has 1 aliphatic carbocycles. The van der Waals surface area contributed by atoms with Gasteiger partial charge in [0.25, 0.3) is 0 Å². The van der Waals surface area contributed by atoms with Gasteiger partial charge in [-0.1, -0.05) is 48.5 Å². The van der Waals surface area contributed by atoms with Crippen molar-refractivity contribution in [2.75, 3.05) is 19.7 Å². The van der Waals surface area contributed by atoms with E-state index in [-0.39, 0.29) is 30.9 Å². The summed E-state index contributed by atoms with van der Waals surface area (Å²) < 4.78 is 5.52. The van der Waals surface area contributed by atoms with E-state index in [4.69, 9.17) is 9.84 Å². The molecule has 1 heterocycles. The summed E-state index contributed by atoms with van der Waals surface area (Å²) in [5.74, 6) is -0.790. The molecule has 0 bridgehead atoms. The largest absolute Gasteiger partial charge is 0.481 e. The van der Waals surface area contributed by atoms with Gasteiger partial charge >= 0.3 is 12.1 Å². The van der Waals surface area contributed by atoms with Crippen LogP contribution in [0.3, 0.4) is 0 Å². The van der Waals surface area contributed by atoms with Gasteiger partial charge in [0.1, 0.15) is 6.61 Å². The minimum atomic E-state index is -0.832. The van der Waals surface area contributed by atoms with Gasteiger partial charge < -0.3 is 20.1 Å². The fourth-order valence-corrected chi connectivity index (χ4v) is 4.98. The third-order valence-electron chi connectivity index (χ3n) is 6.57. The second kappa shape index (κ2) is 10.5. The Labute approximate surface area is 193 Å². The average Bonchev–Trinajstić information content (AvgIpc) is 3.42. The minimum Gasteiger partial charge on any atom is -0.481 e. The Bertz CT molecular complexity index is 976. The highest BCUT2D eigenvalue weighted by atomic mass is 16.5. The number of likely N-dealkylation sites (tertiary alicyclic amines) is 1. The monoisotopic (exact) mass is 450 g/mol. The van der Waals surface area contributed by atoms with E-state index >= 15 is 0 Å². The van der Waals surface area contributed by atoms with Crippen LogP contribution in [0.15, 0.2) is 48.5 Å². The first-order valence-corrected chi connectivity index (χ1v) is 11.6. The van der Waals surface area contributed by atoms with Crippen molar-refractivity contribution < 1.29 is 24.2 Å². The normalized spacial score (nSPS) is 16.8. The van der Waals surface area contributed by atoms with Crippen LogP contribution in [-0.2, 0) is 14.3 Å². The zero-order valence-corrected chi connectivity index (χ0v) is 18.7. The summed E-state index contributed by atoms with van der Waals surface area (Å²) in [7, 11) is 0. The van der Waals surface area contributed by atoms with Gasteiger partial charge in [0, 0.05) is 37.9 Å². The van der Waals surface area contributed by atoms with E-state index in [0.29, 0.717) is 32.4 Å². The molecule has 174 valence electrons. The lowest BCUT2D eigenvalue weighted by molar-refractivity contribution is -0.138. The van der Waals surface area contributed by atoms with Gasteiger partial charge in [-0.3, -0.25) is 9.59 Å². The van der Waals surface area contributed by atoms with Crippen molar-refractivity contribution in [1.82, 2.24) is 10.2 Å². The Morgan fingerprint density at radius 2 is 1.67 bits per heavy atom. The molecule has 2 aromatic rings. The van der Waals surface area contributed by atoms with Crippen LogP contribution in [0, 0.1) is 0 Å². The highest BCUT2D eigenvalue weighted by Crippen LogP contribution is 2.44. The van der Waals surface area contributed by atoms with E-state index in [1.54, 1.807) is 4.90 Å². The number of nitrogens with zero attached hydrogens (tertiary/aromatic N) is 1. The molecule has 4 rings (SSSR count). The topological polar surface area (TPSA) is 95.9 Å². The zero-order chi connectivity index (χ0) is 23.2. The number of carboxylic acids is 1. The summed E-state index contributed by atoms with van der Waals surface area (Å²) in [4.78, 5) is 37.4. The molecule has 1 unspecified atom stereocenters. The second-order valence-corrected chi connectivity index (χ2v) is 8.67. The highest BCUT2D eigenvalue weighted by molar-refractivity contribution is 5.79. The number of alkyl carbamates (subject to hydrolysis) is 1. The molecule has 0 spiro atoms. The minimum absolute atomic E-state index is 0.0163. The number of rotatable bonds is 9. The molecule has 2 aromatic carbocycles. The van der Waals surface area contributed by atoms with E-state index in [1.807, 2.05) is 24.3 Å². The lowest BCUT2D eigenvalue weighted by Crippen LogP contribution is -2.36. The van der Waals surface area contributed by atoms with Crippen LogP contribution in [0.4, 0.5) is 4.79 Å². The predicted octanol–water partition coefficient (Wildman–Crippen LogP) is 4.16. The quantitative estimate of drug-likeness (QED) is 0.559. The van der Waals surface area contributed by atoms with E-state index in [9.17, 15) is 14.4 Å². The van der Waals surface area contributed by atoms with E-state index in [2.05, 4.69) is 29.6 Å². The van der Waals surface area contributed by atoms with Gasteiger partial charge in [0.15, 0.2) is 0 Å². The number of benzene rings is 2. The van der Waals surface area contributed by atoms with Crippen molar-refractivity contribution >= 4 is 18.0 Å². The molecule has 1 aliphatic heterocycles. The van der Waals surface area contributed by atoms with Crippen molar-refractivity contribution in [3.05, 3.63) is 59.7 Å². The number of ether oxygens (including phenoxy) is 1. The maximum atomic E-state index is 12.5. The maximum Gasteiger partial charge on any atom is 0.407 e. The number of carbonyl (C=O) groups is 3. The maximum absolute atomic E-state index is 12.5. The fourth-order valence-electron chi connectivity index (χ4n) is 4.98. The third kappa shape index (κ3) is 5.35. The average molecular weight is 451 g/mol. The van der Waals surface area contributed by atoms with Crippen LogP contribution in [0.25, 0.3) is 11.1 Å². The van der Waals surface area contributed by atoms with Crippen LogP contribution < -0.4 is 5.32 Å². The van der Waals surface area contributed by atoms with E-state index in [0.717, 1.165) is 12.8 Å². The standard InChI is InChI=1S/C26H30N2O5/c29-24(28-16-6-7-18(28)13-14-25(30)31)12-5-15-27-26(32)33-17-23-21-10-3-1-8-19(21)20-9-2-4-11-22(20)23/h1-4,8-11,18,23H,5-7,12-17H2,(H,27,32)(H,30,31). The molecule has 0 radical (unpaired) electrons. The fraction of sp³-hybridized carbons (Fsp3) is 0.423. The molecular formula is C26H30N2O5. The molecule has 0 saturated carbocycles. The van der Waals surface area contributed by atoms with Gasteiger partial charge in [0.05, 0.1) is 0 Å². The Balaban J connectivity index is 1.20. The lowest BCUT2D eigenvalue weighted by Gasteiger charge is -2.24. The van der Waals surface area contributed by atoms with Gasteiger partial charge in [-0.25, -0.2) is 4.79 Å². The highest BCUT2D eigenvalue weighted by Gasteiger charge is 2.30. The third-order valence-corrected chi connectivity index (χ3v) is 6.57. The van der Waals surface area contributed by atoms with Crippen molar-refractivity contribution in [2.45, 2.75) is 50.5 Å². The van der Waals surface area contributed by atoms with Crippen LogP contribution in [-0.4, -0.2) is 53.7 Å². The summed E-state index contributed by atoms with van der Waals surface area (Å²) in [5, 5.41) is 11.6. The number of hydrogen-bond acceptors (Lipinski definition) is 4. The second-order valence-electron chi connectivity index (χ2n) is 8.67. The molecule has 2 aliphatic rings. The van der Waals surface area contributed by atoms with Gasteiger partial charge in [-0.05, 0) is 47.9 Å². The van der Waals surface area contributed by atoms with Gasteiger partial charge in [-0.15, -0.1) is 0 Å². The van der Waals surface area contributed by atoms with Crippen LogP contribution in [0.5, 0.6) is 0 Å². The summed E-state index contributed by atoms with van der Waals surface area (Å²) in [6.45, 7) is 1.30. The summed E-state index contributed by atoms with van der Waals surface area (Å²) in [6.07, 6.45) is 2.71. The number of aliphatic carboxylic acids is 1. The smallest absolute Gasteiger partial charge is 0.407 e. The molecule has 2 amide bonds. The SMILES string of the molecule is O=C(O)CCC1CCCN1C(=O)CCCNC(=O)OCC1c2ccccc2-c2ccccc21. The summed E-state index contributed by atoms with van der Waals surface area (Å²) in [5.41, 5.74) is 4.70. The zero-order valence-electron chi connectivity index (χ0n) is 18.7. The summed E-state index contributed by atoms with van der Waals surface area (Å²) in [6, 6.07) is 16.4. The number of nitrogens with one attached hydrogen (secondary N) is 1. The number of hydrogen-bond donors (Lipinski definition) is 2. The molecule has 1 saturated heterocycles. The van der Waals surface area contributed by atoms with Gasteiger partial charge in [0.2, 0.25) is 5.91 Å². The Morgan fingerprint density at radius 1 is 1.00 bits per heavy atom. The van der Waals surface area contributed by atoms with E-state index < -0.39 is 12.1 Å². The summed E-state index contributed by atoms with van der Waals surface area (Å²) >= 11 is 0. The number of fused-ring (bicyclic) bond motifs is 3. The van der Waals surface area contributed by atoms with Crippen molar-refractivity contribution in [3.8, 4) is 11.1 Å². The lowest BCUT2D eigenvalue weighted by atomic mass is 9.98. The van der Waals surface area contributed by atoms with Crippen molar-refractivity contribution in [1.29, 1.82) is 0 Å². The van der Waals surface area contributed by atoms with Crippen LogP contribution in [0.2, 0.25) is 0 Å². The molecule has 7 nitrogen and oxygen atoms in total. The van der Waals surface area contributed by atoms with Crippen LogP contribution >= 0.6 is 0 Å². The number of carbonyl (C=O) groups excluding carboxylic acids is 2. The van der Waals surface area contributed by atoms with Crippen LogP contribution in [0.1, 0.15) is 55.6 Å².